The molecular weight excluding hydrogens is 248 g/mol. The molecule has 0 amide bonds. The molecule has 0 spiro atoms. The van der Waals surface area contributed by atoms with Crippen LogP contribution in [0.3, 0.4) is 0 Å². The van der Waals surface area contributed by atoms with E-state index in [2.05, 4.69) is 18.6 Å². The van der Waals surface area contributed by atoms with Gasteiger partial charge in [-0.05, 0) is 18.6 Å². The number of halogens is 1. The van der Waals surface area contributed by atoms with Crippen molar-refractivity contribution >= 4 is 17.6 Å². The molecule has 18 heavy (non-hydrogen) atoms. The molecule has 0 N–H and O–H groups in total. The van der Waals surface area contributed by atoms with Crippen LogP contribution in [0.1, 0.15) is 52.5 Å². The Bertz CT molecular complexity index is 324. The van der Waals surface area contributed by atoms with Crippen molar-refractivity contribution < 1.29 is 9.53 Å². The SMILES string of the molecule is CC.CCC.COC(=O)C(C)c1ccccc1Cl. The largest absolute Gasteiger partial charge is 0.469 e. The Morgan fingerprint density at radius 3 is 2.11 bits per heavy atom. The highest BCUT2D eigenvalue weighted by Gasteiger charge is 2.17. The van der Waals surface area contributed by atoms with Crippen molar-refractivity contribution in [1.29, 1.82) is 0 Å². The Balaban J connectivity index is 0. The molecule has 0 aliphatic carbocycles. The predicted octanol–water partition coefficient (Wildman–Crippen LogP) is 5.06. The zero-order valence-corrected chi connectivity index (χ0v) is 13.0. The van der Waals surface area contributed by atoms with Crippen molar-refractivity contribution in [2.45, 2.75) is 47.0 Å². The number of esters is 1. The van der Waals surface area contributed by atoms with Crippen molar-refractivity contribution in [2.24, 2.45) is 0 Å². The van der Waals surface area contributed by atoms with E-state index in [9.17, 15) is 4.79 Å². The van der Waals surface area contributed by atoms with Crippen molar-refractivity contribution in [3.05, 3.63) is 34.9 Å². The van der Waals surface area contributed by atoms with Gasteiger partial charge in [0.2, 0.25) is 0 Å². The van der Waals surface area contributed by atoms with Crippen molar-refractivity contribution in [1.82, 2.24) is 0 Å². The smallest absolute Gasteiger partial charge is 0.312 e. The van der Waals surface area contributed by atoms with E-state index >= 15 is 0 Å². The molecule has 1 rings (SSSR count). The minimum Gasteiger partial charge on any atom is -0.469 e. The van der Waals surface area contributed by atoms with E-state index in [1.807, 2.05) is 32.0 Å². The van der Waals surface area contributed by atoms with Crippen LogP contribution < -0.4 is 0 Å². The number of carbonyl (C=O) groups is 1. The average molecular weight is 273 g/mol. The van der Waals surface area contributed by atoms with E-state index in [0.29, 0.717) is 5.02 Å². The second-order valence-corrected chi connectivity index (χ2v) is 3.88. The summed E-state index contributed by atoms with van der Waals surface area (Å²) in [6, 6.07) is 7.26. The molecule has 0 saturated heterocycles. The molecule has 2 nitrogen and oxygen atoms in total. The van der Waals surface area contributed by atoms with Crippen LogP contribution in [-0.2, 0) is 9.53 Å². The van der Waals surface area contributed by atoms with Gasteiger partial charge in [-0.25, -0.2) is 0 Å². The zero-order chi connectivity index (χ0) is 14.6. The van der Waals surface area contributed by atoms with Crippen molar-refractivity contribution in [3.63, 3.8) is 0 Å². The topological polar surface area (TPSA) is 26.3 Å². The molecule has 0 heterocycles. The molecule has 0 aliphatic rings. The van der Waals surface area contributed by atoms with E-state index in [4.69, 9.17) is 11.6 Å². The Labute approximate surface area is 116 Å². The fourth-order valence-corrected chi connectivity index (χ4v) is 1.43. The van der Waals surface area contributed by atoms with Gasteiger partial charge in [0.05, 0.1) is 13.0 Å². The van der Waals surface area contributed by atoms with E-state index in [1.54, 1.807) is 13.0 Å². The van der Waals surface area contributed by atoms with Gasteiger partial charge >= 0.3 is 5.97 Å². The lowest BCUT2D eigenvalue weighted by Crippen LogP contribution is -2.10. The van der Waals surface area contributed by atoms with Gasteiger partial charge in [0.25, 0.3) is 0 Å². The molecule has 0 fully saturated rings. The molecule has 0 radical (unpaired) electrons. The summed E-state index contributed by atoms with van der Waals surface area (Å²) in [5.41, 5.74) is 0.802. The fraction of sp³-hybridized carbons (Fsp3) is 0.533. The first kappa shape index (κ1) is 19.3. The highest BCUT2D eigenvalue weighted by Crippen LogP contribution is 2.24. The van der Waals surface area contributed by atoms with Crippen molar-refractivity contribution in [2.75, 3.05) is 7.11 Å². The first-order valence-corrected chi connectivity index (χ1v) is 6.78. The summed E-state index contributed by atoms with van der Waals surface area (Å²) in [5.74, 6) is -0.577. The first-order valence-electron chi connectivity index (χ1n) is 6.40. The number of carbonyl (C=O) groups excluding carboxylic acids is 1. The third kappa shape index (κ3) is 7.33. The summed E-state index contributed by atoms with van der Waals surface area (Å²) in [5, 5.41) is 0.598. The first-order chi connectivity index (χ1) is 8.58. The lowest BCUT2D eigenvalue weighted by molar-refractivity contribution is -0.141. The van der Waals surface area contributed by atoms with Gasteiger partial charge in [0.15, 0.2) is 0 Å². The number of hydrogen-bond acceptors (Lipinski definition) is 2. The minimum absolute atomic E-state index is 0.270. The fourth-order valence-electron chi connectivity index (χ4n) is 1.13. The Kier molecular flexibility index (Phi) is 13.4. The molecular formula is C15H25ClO2. The average Bonchev–Trinajstić information content (AvgIpc) is 2.41. The summed E-state index contributed by atoms with van der Waals surface area (Å²) < 4.78 is 4.62. The maximum Gasteiger partial charge on any atom is 0.312 e. The molecule has 3 heteroatoms. The third-order valence-electron chi connectivity index (χ3n) is 1.93. The van der Waals surface area contributed by atoms with Gasteiger partial charge in [0, 0.05) is 5.02 Å². The van der Waals surface area contributed by atoms with Crippen LogP contribution in [0.4, 0.5) is 0 Å². The maximum atomic E-state index is 11.2. The van der Waals surface area contributed by atoms with E-state index < -0.39 is 0 Å². The van der Waals surface area contributed by atoms with Gasteiger partial charge < -0.3 is 4.74 Å². The van der Waals surface area contributed by atoms with Crippen LogP contribution >= 0.6 is 11.6 Å². The molecule has 1 unspecified atom stereocenters. The number of ether oxygens (including phenoxy) is 1. The standard InChI is InChI=1S/C10H11ClO2.C3H8.C2H6/c1-7(10(12)13-2)8-5-3-4-6-9(8)11;1-3-2;1-2/h3-7H,1-2H3;3H2,1-2H3;1-2H3. The maximum absolute atomic E-state index is 11.2. The third-order valence-corrected chi connectivity index (χ3v) is 2.27. The lowest BCUT2D eigenvalue weighted by Gasteiger charge is -2.10. The molecule has 0 saturated carbocycles. The van der Waals surface area contributed by atoms with Crippen LogP contribution in [0.15, 0.2) is 24.3 Å². The summed E-state index contributed by atoms with van der Waals surface area (Å²) in [6.07, 6.45) is 1.25. The van der Waals surface area contributed by atoms with Crippen LogP contribution in [0.5, 0.6) is 0 Å². The summed E-state index contributed by atoms with van der Waals surface area (Å²) >= 11 is 5.91. The number of methoxy groups -OCH3 is 1. The zero-order valence-electron chi connectivity index (χ0n) is 12.3. The number of hydrogen-bond donors (Lipinski definition) is 0. The van der Waals surface area contributed by atoms with Crippen LogP contribution in [0.2, 0.25) is 5.02 Å². The molecule has 1 aromatic carbocycles. The quantitative estimate of drug-likeness (QED) is 0.704. The van der Waals surface area contributed by atoms with Gasteiger partial charge in [-0.15, -0.1) is 0 Å². The molecule has 1 atom stereocenters. The summed E-state index contributed by atoms with van der Waals surface area (Å²) in [6.45, 7) is 10.0. The second kappa shape index (κ2) is 12.4. The van der Waals surface area contributed by atoms with Gasteiger partial charge in [0.1, 0.15) is 0 Å². The molecule has 0 bridgehead atoms. The highest BCUT2D eigenvalue weighted by molar-refractivity contribution is 6.31. The van der Waals surface area contributed by atoms with E-state index in [-0.39, 0.29) is 11.9 Å². The minimum atomic E-state index is -0.307. The number of benzene rings is 1. The highest BCUT2D eigenvalue weighted by atomic mass is 35.5. The normalized spacial score (nSPS) is 10.2. The van der Waals surface area contributed by atoms with Crippen LogP contribution in [0.25, 0.3) is 0 Å². The van der Waals surface area contributed by atoms with Crippen LogP contribution in [0, 0.1) is 0 Å². The summed E-state index contributed by atoms with van der Waals surface area (Å²) in [7, 11) is 1.37. The Morgan fingerprint density at radius 2 is 1.72 bits per heavy atom. The van der Waals surface area contributed by atoms with Gasteiger partial charge in [-0.2, -0.15) is 0 Å². The molecule has 1 aromatic rings. The second-order valence-electron chi connectivity index (χ2n) is 3.47. The van der Waals surface area contributed by atoms with Crippen LogP contribution in [-0.4, -0.2) is 13.1 Å². The Morgan fingerprint density at radius 1 is 1.28 bits per heavy atom. The predicted molar refractivity (Wildman–Crippen MR) is 79.2 cm³/mol. The monoisotopic (exact) mass is 272 g/mol. The van der Waals surface area contributed by atoms with Gasteiger partial charge in [-0.1, -0.05) is 63.9 Å². The van der Waals surface area contributed by atoms with E-state index in [0.717, 1.165) is 5.56 Å². The summed E-state index contributed by atoms with van der Waals surface area (Å²) in [4.78, 5) is 11.2. The molecule has 0 aliphatic heterocycles. The lowest BCUT2D eigenvalue weighted by atomic mass is 10.0. The number of rotatable bonds is 2. The van der Waals surface area contributed by atoms with E-state index in [1.165, 1.54) is 13.5 Å². The van der Waals surface area contributed by atoms with Crippen molar-refractivity contribution in [3.8, 4) is 0 Å². The Hall–Kier alpha value is -1.02. The molecule has 0 aromatic heterocycles. The van der Waals surface area contributed by atoms with Gasteiger partial charge in [-0.3, -0.25) is 4.79 Å². The molecule has 104 valence electrons.